The van der Waals surface area contributed by atoms with Crippen LogP contribution in [0.5, 0.6) is 0 Å². The summed E-state index contributed by atoms with van der Waals surface area (Å²) in [5.41, 5.74) is 2.41. The molecule has 33 heavy (non-hydrogen) atoms. The average Bonchev–Trinajstić information content (AvgIpc) is 3.14. The van der Waals surface area contributed by atoms with Crippen LogP contribution < -0.4 is 5.32 Å². The van der Waals surface area contributed by atoms with E-state index in [-0.39, 0.29) is 24.1 Å². The molecule has 0 aliphatic carbocycles. The lowest BCUT2D eigenvalue weighted by Gasteiger charge is -2.33. The number of hydrogen-bond acceptors (Lipinski definition) is 4. The Bertz CT molecular complexity index is 1150. The molecule has 0 bridgehead atoms. The fraction of sp³-hybridized carbons (Fsp3) is 0.304. The summed E-state index contributed by atoms with van der Waals surface area (Å²) in [6.07, 6.45) is 1.02. The Kier molecular flexibility index (Phi) is 8.04. The molecule has 0 spiro atoms. The van der Waals surface area contributed by atoms with Crippen molar-refractivity contribution in [2.24, 2.45) is 0 Å². The Balaban J connectivity index is 1.68. The molecular weight excluding hydrogens is 486 g/mol. The molecule has 0 aliphatic rings. The van der Waals surface area contributed by atoms with Crippen molar-refractivity contribution in [3.8, 4) is 11.3 Å². The Morgan fingerprint density at radius 2 is 1.67 bits per heavy atom. The van der Waals surface area contributed by atoms with Gasteiger partial charge in [-0.15, -0.1) is 0 Å². The van der Waals surface area contributed by atoms with E-state index >= 15 is 0 Å². The van der Waals surface area contributed by atoms with E-state index in [9.17, 15) is 19.1 Å². The molecule has 3 aromatic rings. The molecule has 0 saturated carbocycles. The first kappa shape index (κ1) is 25.5. The zero-order chi connectivity index (χ0) is 24.2. The number of benzene rings is 2. The van der Waals surface area contributed by atoms with Gasteiger partial charge in [0.05, 0.1) is 5.16 Å². The van der Waals surface area contributed by atoms with E-state index in [0.717, 1.165) is 5.56 Å². The molecule has 2 aromatic carbocycles. The molecule has 3 N–H and O–H groups in total. The van der Waals surface area contributed by atoms with Crippen molar-refractivity contribution in [2.45, 2.75) is 44.7 Å². The molecule has 176 valence electrons. The number of nitrogens with zero attached hydrogens (tertiary/aromatic N) is 1. The minimum absolute atomic E-state index is 0.00802. The van der Waals surface area contributed by atoms with Gasteiger partial charge < -0.3 is 19.5 Å². The van der Waals surface area contributed by atoms with Crippen LogP contribution in [0.4, 0.5) is 5.69 Å². The third kappa shape index (κ3) is 5.68. The highest BCUT2D eigenvalue weighted by Gasteiger charge is 2.45. The zero-order valence-electron chi connectivity index (χ0n) is 18.2. The number of amides is 1. The number of carbonyl (C=O) groups excluding carboxylic acids is 1. The normalized spacial score (nSPS) is 12.1. The minimum Gasteiger partial charge on any atom is -0.432 e. The van der Waals surface area contributed by atoms with Gasteiger partial charge in [-0.1, -0.05) is 49.7 Å². The average molecular weight is 511 g/mol. The second kappa shape index (κ2) is 10.4. The monoisotopic (exact) mass is 510 g/mol. The van der Waals surface area contributed by atoms with Crippen LogP contribution in [-0.4, -0.2) is 20.7 Å². The molecular formula is C23H25Cl2N2O5P. The van der Waals surface area contributed by atoms with Gasteiger partial charge in [0.2, 0.25) is 5.91 Å². The number of carbonyl (C=O) groups is 1. The quantitative estimate of drug-likeness (QED) is 0.286. The molecule has 0 fully saturated rings. The van der Waals surface area contributed by atoms with Gasteiger partial charge in [0.15, 0.2) is 0 Å². The lowest BCUT2D eigenvalue weighted by Crippen LogP contribution is -2.24. The van der Waals surface area contributed by atoms with Gasteiger partial charge in [0.1, 0.15) is 11.5 Å². The van der Waals surface area contributed by atoms with Gasteiger partial charge in [-0.05, 0) is 54.3 Å². The largest absolute Gasteiger partial charge is 0.432 e. The Morgan fingerprint density at radius 3 is 2.21 bits per heavy atom. The highest BCUT2D eigenvalue weighted by Crippen LogP contribution is 2.60. The van der Waals surface area contributed by atoms with Crippen molar-refractivity contribution >= 4 is 42.4 Å². The molecule has 3 rings (SSSR count). The first-order valence-electron chi connectivity index (χ1n) is 10.5. The van der Waals surface area contributed by atoms with Crippen LogP contribution >= 0.6 is 30.8 Å². The molecule has 1 heterocycles. The molecule has 0 radical (unpaired) electrons. The lowest BCUT2D eigenvalue weighted by molar-refractivity contribution is -0.116. The summed E-state index contributed by atoms with van der Waals surface area (Å²) in [4.78, 5) is 36.5. The van der Waals surface area contributed by atoms with Gasteiger partial charge in [-0.25, -0.2) is 0 Å². The first-order valence-corrected chi connectivity index (χ1v) is 12.8. The van der Waals surface area contributed by atoms with E-state index < -0.39 is 12.8 Å². The van der Waals surface area contributed by atoms with Crippen molar-refractivity contribution < 1.29 is 23.6 Å². The molecule has 1 amide bonds. The summed E-state index contributed by atoms with van der Waals surface area (Å²) in [6.45, 7) is 3.51. The third-order valence-electron chi connectivity index (χ3n) is 5.80. The van der Waals surface area contributed by atoms with Crippen molar-refractivity contribution in [3.63, 3.8) is 0 Å². The SMILES string of the molecule is CCC(CC)(c1ccc(NC(=O)CCc2oc(Cl)nc2-c2ccc(Cl)cc2)cc1)P(=O)(O)O. The topological polar surface area (TPSA) is 113 Å². The van der Waals surface area contributed by atoms with Gasteiger partial charge >= 0.3 is 7.60 Å². The molecule has 0 saturated heterocycles. The van der Waals surface area contributed by atoms with E-state index in [1.165, 1.54) is 0 Å². The highest BCUT2D eigenvalue weighted by atomic mass is 35.5. The lowest BCUT2D eigenvalue weighted by atomic mass is 9.92. The smallest absolute Gasteiger partial charge is 0.335 e. The van der Waals surface area contributed by atoms with Crippen molar-refractivity contribution in [1.29, 1.82) is 0 Å². The third-order valence-corrected chi connectivity index (χ3v) is 8.22. The Hall–Kier alpha value is -2.15. The van der Waals surface area contributed by atoms with Crippen LogP contribution in [0.1, 0.15) is 44.4 Å². The number of oxazole rings is 1. The van der Waals surface area contributed by atoms with Crippen LogP contribution in [-0.2, 0) is 20.9 Å². The van der Waals surface area contributed by atoms with Crippen LogP contribution in [0, 0.1) is 0 Å². The number of hydrogen-bond donors (Lipinski definition) is 3. The molecule has 1 aromatic heterocycles. The predicted molar refractivity (Wildman–Crippen MR) is 130 cm³/mol. The number of anilines is 1. The molecule has 0 atom stereocenters. The zero-order valence-corrected chi connectivity index (χ0v) is 20.6. The standard InChI is InChI=1S/C23H25Cl2N2O5P/c1-3-23(4-2,33(29,30)31)16-7-11-18(12-8-16)26-20(28)14-13-19-21(27-22(25)32-19)15-5-9-17(24)10-6-15/h5-12H,3-4,13-14H2,1-2H3,(H,26,28)(H2,29,30,31). The van der Waals surface area contributed by atoms with Gasteiger partial charge in [-0.2, -0.15) is 4.98 Å². The summed E-state index contributed by atoms with van der Waals surface area (Å²) in [6, 6.07) is 13.7. The maximum Gasteiger partial charge on any atom is 0.335 e. The van der Waals surface area contributed by atoms with Gasteiger partial charge in [0, 0.05) is 29.1 Å². The second-order valence-electron chi connectivity index (χ2n) is 7.65. The van der Waals surface area contributed by atoms with Gasteiger partial charge in [-0.3, -0.25) is 9.36 Å². The van der Waals surface area contributed by atoms with Crippen molar-refractivity contribution in [1.82, 2.24) is 4.98 Å². The van der Waals surface area contributed by atoms with Crippen molar-refractivity contribution in [3.05, 3.63) is 70.2 Å². The fourth-order valence-corrected chi connectivity index (χ4v) is 5.49. The first-order chi connectivity index (χ1) is 15.6. The van der Waals surface area contributed by atoms with Crippen LogP contribution in [0.15, 0.2) is 52.9 Å². The maximum atomic E-state index is 12.5. The molecule has 0 aliphatic heterocycles. The summed E-state index contributed by atoms with van der Waals surface area (Å²) >= 11 is 11.9. The maximum absolute atomic E-state index is 12.5. The predicted octanol–water partition coefficient (Wildman–Crippen LogP) is 6.41. The highest BCUT2D eigenvalue weighted by molar-refractivity contribution is 7.53. The minimum atomic E-state index is -4.37. The van der Waals surface area contributed by atoms with Crippen molar-refractivity contribution in [2.75, 3.05) is 5.32 Å². The van der Waals surface area contributed by atoms with E-state index in [1.807, 2.05) is 0 Å². The van der Waals surface area contributed by atoms with E-state index in [0.29, 0.717) is 40.6 Å². The fourth-order valence-electron chi connectivity index (χ4n) is 3.88. The number of nitrogens with one attached hydrogen (secondary N) is 1. The summed E-state index contributed by atoms with van der Waals surface area (Å²) in [5, 5.41) is 2.14. The van der Waals surface area contributed by atoms with Crippen LogP contribution in [0.3, 0.4) is 0 Å². The summed E-state index contributed by atoms with van der Waals surface area (Å²) < 4.78 is 17.6. The summed E-state index contributed by atoms with van der Waals surface area (Å²) in [5.74, 6) is 0.245. The number of aryl methyl sites for hydroxylation is 1. The van der Waals surface area contributed by atoms with Gasteiger partial charge in [0.25, 0.3) is 5.35 Å². The molecule has 0 unspecified atom stereocenters. The number of halogens is 2. The second-order valence-corrected chi connectivity index (χ2v) is 10.4. The van der Waals surface area contributed by atoms with E-state index in [1.54, 1.807) is 62.4 Å². The molecule has 7 nitrogen and oxygen atoms in total. The summed E-state index contributed by atoms with van der Waals surface area (Å²) in [7, 11) is -4.37. The van der Waals surface area contributed by atoms with E-state index in [2.05, 4.69) is 10.3 Å². The molecule has 10 heteroatoms. The van der Waals surface area contributed by atoms with Crippen LogP contribution in [0.25, 0.3) is 11.3 Å². The Labute approximate surface area is 202 Å². The van der Waals surface area contributed by atoms with E-state index in [4.69, 9.17) is 27.6 Å². The number of rotatable bonds is 9. The Morgan fingerprint density at radius 1 is 1.06 bits per heavy atom. The number of aromatic nitrogens is 1. The van der Waals surface area contributed by atoms with Crippen LogP contribution in [0.2, 0.25) is 10.4 Å².